The first-order valence-corrected chi connectivity index (χ1v) is 7.42. The first-order valence-electron chi connectivity index (χ1n) is 6.64. The number of hydrogen-bond acceptors (Lipinski definition) is 2. The topological polar surface area (TPSA) is 47.6 Å². The molecule has 2 saturated carbocycles. The van der Waals surface area contributed by atoms with Crippen molar-refractivity contribution in [2.75, 3.05) is 0 Å². The Morgan fingerprint density at radius 3 is 1.30 bits per heavy atom. The van der Waals surface area contributed by atoms with Gasteiger partial charge in [0.15, 0.2) is 0 Å². The number of nitriles is 2. The van der Waals surface area contributed by atoms with E-state index >= 15 is 0 Å². The Morgan fingerprint density at radius 1 is 0.739 bits per heavy atom. The molecule has 0 heterocycles. The molecule has 140 valence electrons. The minimum absolute atomic E-state index is 0. The molecule has 0 bridgehead atoms. The van der Waals surface area contributed by atoms with Crippen LogP contribution in [-0.4, -0.2) is 5.42 Å². The van der Waals surface area contributed by atoms with Crippen LogP contribution in [0, 0.1) is 65.7 Å². The van der Waals surface area contributed by atoms with Crippen LogP contribution in [0.2, 0.25) is 0 Å². The van der Waals surface area contributed by atoms with E-state index in [-0.39, 0.29) is 42.7 Å². The molecular weight excluding hydrogens is 324 g/mol. The summed E-state index contributed by atoms with van der Waals surface area (Å²) in [6.45, 7) is 0. The van der Waals surface area contributed by atoms with Crippen LogP contribution in [0.4, 0.5) is 0 Å². The van der Waals surface area contributed by atoms with Crippen molar-refractivity contribution < 1.29 is 15.6 Å². The van der Waals surface area contributed by atoms with Crippen LogP contribution in [-0.2, 0) is 15.6 Å². The van der Waals surface area contributed by atoms with E-state index in [1.54, 1.807) is 0 Å². The summed E-state index contributed by atoms with van der Waals surface area (Å²) in [7, 11) is 0. The molecule has 2 rings (SSSR count). The first kappa shape index (κ1) is 38.0. The predicted molar refractivity (Wildman–Crippen MR) is 104 cm³/mol. The maximum Gasteiger partial charge on any atom is -0.358 e. The summed E-state index contributed by atoms with van der Waals surface area (Å²) in [5.41, 5.74) is 3.27. The van der Waals surface area contributed by atoms with Gasteiger partial charge >= 0.3 is 21.0 Å². The van der Waals surface area contributed by atoms with E-state index in [0.29, 0.717) is 5.92 Å². The standard InChI is InChI=1S/C9H10N2.C5H10.5CH3.CH2.Fe/c10-6-9(7-11)5-8-3-1-2-4-8;1-2-4-5-3-1;;;;;;;/h5,8H,1-4H2;1-5H2;5*1H3;1H2;/q;;5*-1;;. The van der Waals surface area contributed by atoms with Gasteiger partial charge in [-0.05, 0) is 18.8 Å². The minimum Gasteiger partial charge on any atom is -0.358 e. The summed E-state index contributed by atoms with van der Waals surface area (Å²) in [6, 6.07) is 3.76. The second-order valence-electron chi connectivity index (χ2n) is 4.62. The van der Waals surface area contributed by atoms with Gasteiger partial charge in [-0.2, -0.15) is 10.5 Å². The fraction of sp³-hybridized carbons (Fsp3) is 0.500. The van der Waals surface area contributed by atoms with Gasteiger partial charge in [-0.15, -0.1) is 0 Å². The number of hydrogen-bond donors (Lipinski definition) is 0. The molecule has 0 aliphatic heterocycles. The van der Waals surface area contributed by atoms with E-state index in [2.05, 4.69) is 21.0 Å². The van der Waals surface area contributed by atoms with E-state index < -0.39 is 0 Å². The van der Waals surface area contributed by atoms with E-state index in [9.17, 15) is 0 Å². The number of allylic oxidation sites excluding steroid dienone is 2. The Hall–Kier alpha value is -0.891. The second kappa shape index (κ2) is 29.2. The molecular formula is C20H37FeN2-5. The van der Waals surface area contributed by atoms with Crippen LogP contribution < -0.4 is 0 Å². The number of nitrogens with zero attached hydrogens (tertiary/aromatic N) is 2. The van der Waals surface area contributed by atoms with Gasteiger partial charge in [0.05, 0.1) is 0 Å². The summed E-state index contributed by atoms with van der Waals surface area (Å²) >= 11 is 3.00. The van der Waals surface area contributed by atoms with Crippen LogP contribution in [0.15, 0.2) is 11.6 Å². The van der Waals surface area contributed by atoms with Gasteiger partial charge in [-0.3, -0.25) is 0 Å². The van der Waals surface area contributed by atoms with Crippen molar-refractivity contribution >= 4 is 5.42 Å². The SMILES string of the molecule is C1CCCC1.N#CC(C#N)=CC1CCCC1.[CH2]=[Fe].[CH3-].[CH3-].[CH3-].[CH3-].[CH3-]. The molecule has 0 aromatic rings. The van der Waals surface area contributed by atoms with E-state index in [1.165, 1.54) is 44.9 Å². The second-order valence-corrected chi connectivity index (χ2v) is 4.62. The van der Waals surface area contributed by atoms with Gasteiger partial charge in [-0.1, -0.05) is 51.0 Å². The molecule has 0 amide bonds. The van der Waals surface area contributed by atoms with Crippen molar-refractivity contribution in [3.05, 3.63) is 48.8 Å². The molecule has 0 unspecified atom stereocenters. The largest absolute Gasteiger partial charge is 0.358 e. The van der Waals surface area contributed by atoms with E-state index in [1.807, 2.05) is 18.2 Å². The predicted octanol–water partition coefficient (Wildman–Crippen LogP) is 6.32. The molecule has 2 fully saturated rings. The Bertz CT molecular complexity index is 290. The van der Waals surface area contributed by atoms with Crippen LogP contribution >= 0.6 is 0 Å². The normalized spacial score (nSPS) is 13.5. The van der Waals surface area contributed by atoms with Gasteiger partial charge in [0.25, 0.3) is 0 Å². The summed E-state index contributed by atoms with van der Waals surface area (Å²) in [5, 5.41) is 16.9. The molecule has 3 heteroatoms. The van der Waals surface area contributed by atoms with Crippen LogP contribution in [0.1, 0.15) is 57.8 Å². The molecule has 2 aliphatic carbocycles. The van der Waals surface area contributed by atoms with Crippen molar-refractivity contribution in [2.24, 2.45) is 5.92 Å². The minimum atomic E-state index is 0. The zero-order valence-corrected chi connectivity index (χ0v) is 17.1. The molecule has 0 saturated heterocycles. The molecule has 2 aliphatic rings. The maximum atomic E-state index is 8.45. The summed E-state index contributed by atoms with van der Waals surface area (Å²) in [4.78, 5) is 0. The third-order valence-corrected chi connectivity index (χ3v) is 3.29. The number of rotatable bonds is 1. The van der Waals surface area contributed by atoms with Crippen molar-refractivity contribution in [3.8, 4) is 12.1 Å². The molecule has 0 aromatic heterocycles. The quantitative estimate of drug-likeness (QED) is 0.312. The Kier molecular flexibility index (Phi) is 48.1. The van der Waals surface area contributed by atoms with Gasteiger partial charge < -0.3 is 37.1 Å². The Labute approximate surface area is 156 Å². The van der Waals surface area contributed by atoms with Crippen molar-refractivity contribution in [1.82, 2.24) is 0 Å². The average molecular weight is 361 g/mol. The van der Waals surface area contributed by atoms with Gasteiger partial charge in [-0.25, -0.2) is 0 Å². The van der Waals surface area contributed by atoms with Crippen molar-refractivity contribution in [1.29, 1.82) is 10.5 Å². The van der Waals surface area contributed by atoms with E-state index in [4.69, 9.17) is 10.5 Å². The maximum absolute atomic E-state index is 8.45. The summed E-state index contributed by atoms with van der Waals surface area (Å²) in [6.07, 6.45) is 14.1. The van der Waals surface area contributed by atoms with Crippen LogP contribution in [0.3, 0.4) is 0 Å². The smallest absolute Gasteiger partial charge is 0.358 e. The van der Waals surface area contributed by atoms with Crippen molar-refractivity contribution in [2.45, 2.75) is 57.8 Å². The van der Waals surface area contributed by atoms with Gasteiger partial charge in [0.2, 0.25) is 0 Å². The Morgan fingerprint density at radius 2 is 1.04 bits per heavy atom. The van der Waals surface area contributed by atoms with Crippen molar-refractivity contribution in [3.63, 3.8) is 0 Å². The third kappa shape index (κ3) is 21.1. The molecule has 0 aromatic carbocycles. The zero-order valence-electron chi connectivity index (χ0n) is 16.0. The van der Waals surface area contributed by atoms with E-state index in [0.717, 1.165) is 12.8 Å². The zero-order chi connectivity index (χ0) is 13.6. The monoisotopic (exact) mass is 361 g/mol. The fourth-order valence-corrected chi connectivity index (χ4v) is 2.34. The Balaban J connectivity index is -0.0000000528. The van der Waals surface area contributed by atoms with Gasteiger partial charge in [0.1, 0.15) is 17.7 Å². The fourth-order valence-electron chi connectivity index (χ4n) is 2.34. The van der Waals surface area contributed by atoms with Crippen LogP contribution in [0.5, 0.6) is 0 Å². The first-order chi connectivity index (χ1) is 8.86. The molecule has 0 N–H and O–H groups in total. The third-order valence-electron chi connectivity index (χ3n) is 3.29. The molecule has 2 nitrogen and oxygen atoms in total. The summed E-state index contributed by atoms with van der Waals surface area (Å²) < 4.78 is 0. The molecule has 0 spiro atoms. The molecule has 0 radical (unpaired) electrons. The van der Waals surface area contributed by atoms with Gasteiger partial charge in [0, 0.05) is 0 Å². The molecule has 0 atom stereocenters. The molecule has 23 heavy (non-hydrogen) atoms. The summed E-state index contributed by atoms with van der Waals surface area (Å²) in [5.74, 6) is 0.490. The van der Waals surface area contributed by atoms with Crippen LogP contribution in [0.25, 0.3) is 0 Å². The average Bonchev–Trinajstić information content (AvgIpc) is 3.13.